The standard InChI is InChI=1S/C57H64O31/c1-21-51(87-39(66)11-5-22-2-7-26(8-3-22)80-55-47(74)44(71)42(69)37(86-55)20-78-38(65)10-6-23-4-9-28(61)29(62)12-23)45(72)49(76)54(79-21)88-53-36(19-59)85-57(50(77)46(53)73)83-34-17-27-32(81-52(34)24-13-30(63)40(67)31(64)14-24)15-25(60)16-33(27)82-56-48(75)43(70)41(68)35(18-58)84-56/h2-17,21,35-37,41-64,67-77H,18-20H2,1H3/b10-6+,11-5-/t21-,35+,36+,37+,41+,42+,43-,44-,45-,46+,47+,48+,49+,50+,51+,52?,53+,54-,55+,56+,57+/m0/s1. The van der Waals surface area contributed by atoms with Gasteiger partial charge in [0.1, 0.15) is 121 Å². The Hall–Kier alpha value is -7.64. The first kappa shape index (κ1) is 64.8. The van der Waals surface area contributed by atoms with E-state index in [1.807, 2.05) is 0 Å². The van der Waals surface area contributed by atoms with Crippen LogP contribution in [0.3, 0.4) is 0 Å². The third kappa shape index (κ3) is 14.1. The average Bonchev–Trinajstić information content (AvgIpc) is 1.59. The van der Waals surface area contributed by atoms with Crippen LogP contribution in [0.4, 0.5) is 0 Å². The van der Waals surface area contributed by atoms with Gasteiger partial charge in [0, 0.05) is 29.8 Å². The molecule has 21 atom stereocenters. The first-order valence-corrected chi connectivity index (χ1v) is 27.0. The number of aromatic hydroxyl groups is 6. The molecule has 4 saturated heterocycles. The van der Waals surface area contributed by atoms with E-state index >= 15 is 0 Å². The number of fused-ring (bicyclic) bond motifs is 1. The Labute approximate surface area is 496 Å². The first-order chi connectivity index (χ1) is 41.8. The molecule has 0 amide bonds. The summed E-state index contributed by atoms with van der Waals surface area (Å²) in [6.07, 6.45) is -30.9. The van der Waals surface area contributed by atoms with Gasteiger partial charge < -0.3 is 144 Å². The van der Waals surface area contributed by atoms with Crippen molar-refractivity contribution in [3.63, 3.8) is 0 Å². The lowest BCUT2D eigenvalue weighted by Gasteiger charge is -2.46. The van der Waals surface area contributed by atoms with Crippen LogP contribution in [-0.2, 0) is 47.5 Å². The molecule has 5 heterocycles. The van der Waals surface area contributed by atoms with E-state index in [2.05, 4.69) is 0 Å². The molecule has 9 rings (SSSR count). The maximum Gasteiger partial charge on any atom is 0.331 e. The molecular weight excluding hydrogens is 1180 g/mol. The number of phenolic OH excluding ortho intramolecular Hbond substituents is 6. The summed E-state index contributed by atoms with van der Waals surface area (Å²) in [4.78, 5) is 25.5. The molecule has 31 heteroatoms. The molecule has 0 radical (unpaired) electrons. The van der Waals surface area contributed by atoms with Crippen molar-refractivity contribution in [1.29, 1.82) is 0 Å². The van der Waals surface area contributed by atoms with E-state index in [9.17, 15) is 102 Å². The van der Waals surface area contributed by atoms with Crippen molar-refractivity contribution in [2.45, 2.75) is 136 Å². The summed E-state index contributed by atoms with van der Waals surface area (Å²) >= 11 is 0. The van der Waals surface area contributed by atoms with Crippen molar-refractivity contribution in [3.8, 4) is 51.7 Å². The molecule has 4 aromatic rings. The highest BCUT2D eigenvalue weighted by molar-refractivity contribution is 5.88. The van der Waals surface area contributed by atoms with Gasteiger partial charge in [-0.1, -0.05) is 18.2 Å². The highest BCUT2D eigenvalue weighted by Crippen LogP contribution is 2.48. The number of esters is 2. The largest absolute Gasteiger partial charge is 0.508 e. The molecule has 5 aliphatic rings. The number of aliphatic hydroxyl groups is 12. The number of carbonyl (C=O) groups is 2. The van der Waals surface area contributed by atoms with Crippen molar-refractivity contribution in [1.82, 2.24) is 0 Å². The SMILES string of the molecule is C[C@@H]1O[C@@H](O[C@H]2[C@H](O)[C@@H](O)[C@H](OC3=Cc4c(cc(O)cc4O[C@@H]4O[C@H](CO)[C@@H](O)[C@H](O)[C@H]4O)OC3c3cc(O)c(O)c(O)c3)O[C@@H]2CO)[C@H](O)[C@H](O)[C@@H]1OC(=O)/C=C\c1ccc(O[C@@H]2O[C@H](COC(=O)/C=C/c3ccc(O)c(O)c3)[C@@H](O)[C@H](O)[C@H]2O)cc1. The number of phenols is 6. The van der Waals surface area contributed by atoms with Gasteiger partial charge in [0.05, 0.1) is 24.9 Å². The van der Waals surface area contributed by atoms with Crippen LogP contribution in [0.1, 0.15) is 35.3 Å². The second kappa shape index (κ2) is 27.4. The zero-order chi connectivity index (χ0) is 63.6. The van der Waals surface area contributed by atoms with Gasteiger partial charge in [-0.15, -0.1) is 0 Å². The second-order valence-corrected chi connectivity index (χ2v) is 20.9. The smallest absolute Gasteiger partial charge is 0.331 e. The van der Waals surface area contributed by atoms with Gasteiger partial charge in [0.15, 0.2) is 47.2 Å². The predicted octanol–water partition coefficient (Wildman–Crippen LogP) is -3.05. The van der Waals surface area contributed by atoms with Gasteiger partial charge in [-0.05, 0) is 72.7 Å². The van der Waals surface area contributed by atoms with E-state index in [-0.39, 0.29) is 39.9 Å². The molecule has 4 fully saturated rings. The summed E-state index contributed by atoms with van der Waals surface area (Å²) in [5, 5.41) is 190. The van der Waals surface area contributed by atoms with E-state index in [4.69, 9.17) is 52.1 Å². The minimum atomic E-state index is -2.12. The Bertz CT molecular complexity index is 3160. The Kier molecular flexibility index (Phi) is 20.2. The van der Waals surface area contributed by atoms with Gasteiger partial charge in [0.2, 0.25) is 18.9 Å². The summed E-state index contributed by atoms with van der Waals surface area (Å²) in [5.41, 5.74) is 0.497. The summed E-state index contributed by atoms with van der Waals surface area (Å²) in [7, 11) is 0. The van der Waals surface area contributed by atoms with Crippen LogP contribution < -0.4 is 14.2 Å². The lowest BCUT2D eigenvalue weighted by Crippen LogP contribution is -2.64. The van der Waals surface area contributed by atoms with Gasteiger partial charge in [-0.2, -0.15) is 0 Å². The van der Waals surface area contributed by atoms with E-state index in [1.54, 1.807) is 0 Å². The van der Waals surface area contributed by atoms with Crippen molar-refractivity contribution in [2.75, 3.05) is 19.8 Å². The minimum absolute atomic E-state index is 0.0825. The van der Waals surface area contributed by atoms with Crippen LogP contribution in [0.15, 0.2) is 84.6 Å². The summed E-state index contributed by atoms with van der Waals surface area (Å²) in [5.74, 6) is -6.63. The van der Waals surface area contributed by atoms with Gasteiger partial charge >= 0.3 is 11.9 Å². The normalized spacial score (nSPS) is 34.1. The molecule has 5 aliphatic heterocycles. The molecule has 31 nitrogen and oxygen atoms in total. The van der Waals surface area contributed by atoms with Crippen LogP contribution >= 0.6 is 0 Å². The molecule has 0 aromatic heterocycles. The fourth-order valence-electron chi connectivity index (χ4n) is 9.91. The van der Waals surface area contributed by atoms with Crippen LogP contribution in [0.5, 0.6) is 51.7 Å². The number of aliphatic hydroxyl groups excluding tert-OH is 12. The van der Waals surface area contributed by atoms with Crippen LogP contribution in [0.2, 0.25) is 0 Å². The quantitative estimate of drug-likeness (QED) is 0.0267. The van der Waals surface area contributed by atoms with Crippen molar-refractivity contribution in [3.05, 3.63) is 107 Å². The van der Waals surface area contributed by atoms with Crippen LogP contribution in [-0.4, -0.2) is 247 Å². The van der Waals surface area contributed by atoms with E-state index < -0.39 is 189 Å². The molecule has 0 saturated carbocycles. The fourth-order valence-corrected chi connectivity index (χ4v) is 9.91. The lowest BCUT2D eigenvalue weighted by atomic mass is 9.96. The Morgan fingerprint density at radius 1 is 0.523 bits per heavy atom. The number of benzene rings is 4. The van der Waals surface area contributed by atoms with E-state index in [0.717, 1.165) is 36.4 Å². The van der Waals surface area contributed by atoms with Crippen LogP contribution in [0, 0.1) is 0 Å². The molecule has 1 unspecified atom stereocenters. The van der Waals surface area contributed by atoms with E-state index in [1.165, 1.54) is 67.6 Å². The van der Waals surface area contributed by atoms with Crippen molar-refractivity contribution < 1.29 is 154 Å². The zero-order valence-corrected chi connectivity index (χ0v) is 45.8. The Balaban J connectivity index is 0.810. The molecular formula is C57H64O31. The lowest BCUT2D eigenvalue weighted by molar-refractivity contribution is -0.354. The van der Waals surface area contributed by atoms with E-state index in [0.29, 0.717) is 11.1 Å². The van der Waals surface area contributed by atoms with Crippen molar-refractivity contribution in [2.24, 2.45) is 0 Å². The minimum Gasteiger partial charge on any atom is -0.508 e. The fraction of sp³-hybridized carbons (Fsp3) is 0.439. The number of hydrogen-bond acceptors (Lipinski definition) is 31. The topological polar surface area (TPSA) is 500 Å². The highest BCUT2D eigenvalue weighted by Gasteiger charge is 2.53. The molecule has 18 N–H and O–H groups in total. The van der Waals surface area contributed by atoms with Gasteiger partial charge in [0.25, 0.3) is 0 Å². The highest BCUT2D eigenvalue weighted by atomic mass is 16.8. The molecule has 4 aromatic carbocycles. The summed E-state index contributed by atoms with van der Waals surface area (Å²) in [6.45, 7) is -1.02. The Morgan fingerprint density at radius 3 is 1.74 bits per heavy atom. The zero-order valence-electron chi connectivity index (χ0n) is 45.8. The van der Waals surface area contributed by atoms with Gasteiger partial charge in [-0.25, -0.2) is 9.59 Å². The number of hydrogen-bond donors (Lipinski definition) is 18. The monoisotopic (exact) mass is 1240 g/mol. The average molecular weight is 1250 g/mol. The maximum absolute atomic E-state index is 13.1. The predicted molar refractivity (Wildman–Crippen MR) is 288 cm³/mol. The van der Waals surface area contributed by atoms with Crippen molar-refractivity contribution >= 4 is 30.2 Å². The van der Waals surface area contributed by atoms with Gasteiger partial charge in [-0.3, -0.25) is 0 Å². The molecule has 88 heavy (non-hydrogen) atoms. The number of carbonyl (C=O) groups excluding carboxylic acids is 2. The Morgan fingerprint density at radius 2 is 1.08 bits per heavy atom. The summed E-state index contributed by atoms with van der Waals surface area (Å²) in [6, 6.07) is 13.6. The first-order valence-electron chi connectivity index (χ1n) is 27.0. The van der Waals surface area contributed by atoms with Crippen LogP contribution in [0.25, 0.3) is 18.2 Å². The third-order valence-corrected chi connectivity index (χ3v) is 14.8. The molecule has 0 bridgehead atoms. The third-order valence-electron chi connectivity index (χ3n) is 14.8. The maximum atomic E-state index is 13.1. The molecule has 0 spiro atoms. The number of ether oxygens (including phenoxy) is 11. The summed E-state index contributed by atoms with van der Waals surface area (Å²) < 4.78 is 62.9. The second-order valence-electron chi connectivity index (χ2n) is 20.9. The number of rotatable bonds is 18. The molecule has 478 valence electrons. The molecule has 0 aliphatic carbocycles.